The summed E-state index contributed by atoms with van der Waals surface area (Å²) in [5.74, 6) is -0.249. The van der Waals surface area contributed by atoms with E-state index in [1.165, 1.54) is 16.0 Å². The van der Waals surface area contributed by atoms with Gasteiger partial charge in [-0.3, -0.25) is 9.59 Å². The molecule has 1 amide bonds. The van der Waals surface area contributed by atoms with E-state index in [0.29, 0.717) is 23.5 Å². The molecule has 0 aliphatic heterocycles. The van der Waals surface area contributed by atoms with Gasteiger partial charge < -0.3 is 11.1 Å². The van der Waals surface area contributed by atoms with Gasteiger partial charge in [-0.2, -0.15) is 5.10 Å². The van der Waals surface area contributed by atoms with E-state index in [1.807, 2.05) is 19.1 Å². The molecule has 9 heteroatoms. The van der Waals surface area contributed by atoms with Gasteiger partial charge in [-0.05, 0) is 19.4 Å². The molecule has 0 atom stereocenters. The maximum absolute atomic E-state index is 12.4. The van der Waals surface area contributed by atoms with Crippen molar-refractivity contribution in [1.82, 2.24) is 25.3 Å². The van der Waals surface area contributed by atoms with Gasteiger partial charge in [-0.1, -0.05) is 29.5 Å². The number of hydrogen-bond donors (Lipinski definition) is 2. The SMILES string of the molecule is Cc1nn(CC(=O)NCCCc2nnc(N)s2)c(=O)c2ccccc12. The van der Waals surface area contributed by atoms with E-state index >= 15 is 0 Å². The van der Waals surface area contributed by atoms with Crippen molar-refractivity contribution < 1.29 is 4.79 Å². The molecule has 2 heterocycles. The minimum atomic E-state index is -0.263. The zero-order valence-electron chi connectivity index (χ0n) is 13.7. The summed E-state index contributed by atoms with van der Waals surface area (Å²) in [6.45, 7) is 2.21. The minimum absolute atomic E-state index is 0.101. The fourth-order valence-corrected chi connectivity index (χ4v) is 3.19. The number of aromatic nitrogens is 4. The Hall–Kier alpha value is -2.81. The second-order valence-electron chi connectivity index (χ2n) is 5.58. The van der Waals surface area contributed by atoms with E-state index in [4.69, 9.17) is 5.73 Å². The van der Waals surface area contributed by atoms with Crippen molar-refractivity contribution in [3.05, 3.63) is 45.3 Å². The molecule has 0 saturated heterocycles. The largest absolute Gasteiger partial charge is 0.374 e. The molecular weight excluding hydrogens is 340 g/mol. The first kappa shape index (κ1) is 17.0. The second-order valence-corrected chi connectivity index (χ2v) is 6.67. The number of nitrogens with one attached hydrogen (secondary N) is 1. The summed E-state index contributed by atoms with van der Waals surface area (Å²) in [5, 5.41) is 17.3. The number of aryl methyl sites for hydroxylation is 2. The van der Waals surface area contributed by atoms with Crippen LogP contribution in [0.5, 0.6) is 0 Å². The van der Waals surface area contributed by atoms with Crippen molar-refractivity contribution in [2.45, 2.75) is 26.3 Å². The minimum Gasteiger partial charge on any atom is -0.374 e. The molecule has 130 valence electrons. The Morgan fingerprint density at radius 1 is 1.28 bits per heavy atom. The molecule has 0 fully saturated rings. The van der Waals surface area contributed by atoms with E-state index in [1.54, 1.807) is 12.1 Å². The smallest absolute Gasteiger partial charge is 0.275 e. The molecule has 0 bridgehead atoms. The summed E-state index contributed by atoms with van der Waals surface area (Å²) in [6, 6.07) is 7.26. The average molecular weight is 358 g/mol. The number of amides is 1. The lowest BCUT2D eigenvalue weighted by Gasteiger charge is -2.09. The van der Waals surface area contributed by atoms with Crippen LogP contribution in [0, 0.1) is 6.92 Å². The molecule has 25 heavy (non-hydrogen) atoms. The van der Waals surface area contributed by atoms with E-state index < -0.39 is 0 Å². The summed E-state index contributed by atoms with van der Waals surface area (Å²) in [6.07, 6.45) is 1.42. The number of fused-ring (bicyclic) bond motifs is 1. The van der Waals surface area contributed by atoms with Crippen LogP contribution in [0.25, 0.3) is 10.8 Å². The van der Waals surface area contributed by atoms with E-state index in [0.717, 1.165) is 22.5 Å². The number of carbonyl (C=O) groups excluding carboxylic acids is 1. The highest BCUT2D eigenvalue weighted by Crippen LogP contribution is 2.12. The molecule has 0 spiro atoms. The van der Waals surface area contributed by atoms with Gasteiger partial charge in [0, 0.05) is 18.4 Å². The molecule has 0 aliphatic rings. The lowest BCUT2D eigenvalue weighted by atomic mass is 10.1. The maximum atomic E-state index is 12.4. The average Bonchev–Trinajstić information content (AvgIpc) is 3.02. The van der Waals surface area contributed by atoms with Gasteiger partial charge in [-0.15, -0.1) is 10.2 Å². The first-order chi connectivity index (χ1) is 12.0. The summed E-state index contributed by atoms with van der Waals surface area (Å²) in [4.78, 5) is 24.5. The Bertz CT molecular complexity index is 965. The Labute approximate surface area is 147 Å². The Morgan fingerprint density at radius 2 is 2.04 bits per heavy atom. The lowest BCUT2D eigenvalue weighted by Crippen LogP contribution is -2.34. The predicted octanol–water partition coefficient (Wildman–Crippen LogP) is 0.888. The molecule has 0 radical (unpaired) electrons. The molecule has 3 rings (SSSR count). The number of rotatable bonds is 6. The van der Waals surface area contributed by atoms with Gasteiger partial charge >= 0.3 is 0 Å². The number of nitrogens with zero attached hydrogens (tertiary/aromatic N) is 4. The number of nitrogens with two attached hydrogens (primary N) is 1. The Balaban J connectivity index is 1.58. The van der Waals surface area contributed by atoms with Gasteiger partial charge in [0.1, 0.15) is 11.6 Å². The second kappa shape index (κ2) is 7.39. The van der Waals surface area contributed by atoms with Crippen LogP contribution in [-0.2, 0) is 17.8 Å². The van der Waals surface area contributed by atoms with Gasteiger partial charge in [-0.25, -0.2) is 4.68 Å². The molecule has 3 aromatic rings. The van der Waals surface area contributed by atoms with Crippen molar-refractivity contribution in [3.63, 3.8) is 0 Å². The maximum Gasteiger partial charge on any atom is 0.275 e. The Morgan fingerprint density at radius 3 is 2.76 bits per heavy atom. The highest BCUT2D eigenvalue weighted by molar-refractivity contribution is 7.15. The molecule has 3 N–H and O–H groups in total. The summed E-state index contributed by atoms with van der Waals surface area (Å²) in [7, 11) is 0. The first-order valence-electron chi connectivity index (χ1n) is 7.85. The van der Waals surface area contributed by atoms with Crippen LogP contribution in [-0.4, -0.2) is 32.4 Å². The van der Waals surface area contributed by atoms with Crippen molar-refractivity contribution in [1.29, 1.82) is 0 Å². The van der Waals surface area contributed by atoms with Crippen LogP contribution in [0.3, 0.4) is 0 Å². The number of carbonyl (C=O) groups is 1. The third-order valence-corrected chi connectivity index (χ3v) is 4.53. The fraction of sp³-hybridized carbons (Fsp3) is 0.312. The van der Waals surface area contributed by atoms with Crippen molar-refractivity contribution in [2.75, 3.05) is 12.3 Å². The van der Waals surface area contributed by atoms with Crippen molar-refractivity contribution in [2.24, 2.45) is 0 Å². The molecule has 0 aliphatic carbocycles. The standard InChI is InChI=1S/C16H18N6O2S/c1-10-11-5-2-3-6-12(11)15(24)22(21-10)9-13(23)18-8-4-7-14-19-20-16(17)25-14/h2-3,5-6H,4,7-9H2,1H3,(H2,17,20)(H,18,23). The van der Waals surface area contributed by atoms with Crippen molar-refractivity contribution >= 4 is 33.1 Å². The van der Waals surface area contributed by atoms with Crippen molar-refractivity contribution in [3.8, 4) is 0 Å². The molecular formula is C16H18N6O2S. The molecule has 8 nitrogen and oxygen atoms in total. The van der Waals surface area contributed by atoms with Crippen LogP contribution in [0.2, 0.25) is 0 Å². The third-order valence-electron chi connectivity index (χ3n) is 3.72. The number of benzene rings is 1. The topological polar surface area (TPSA) is 116 Å². The molecule has 2 aromatic heterocycles. The van der Waals surface area contributed by atoms with E-state index in [-0.39, 0.29) is 18.0 Å². The van der Waals surface area contributed by atoms with E-state index in [9.17, 15) is 9.59 Å². The zero-order chi connectivity index (χ0) is 17.8. The zero-order valence-corrected chi connectivity index (χ0v) is 14.5. The highest BCUT2D eigenvalue weighted by Gasteiger charge is 2.10. The van der Waals surface area contributed by atoms with Crippen LogP contribution >= 0.6 is 11.3 Å². The molecule has 0 saturated carbocycles. The Kier molecular flexibility index (Phi) is 5.03. The van der Waals surface area contributed by atoms with Crippen LogP contribution < -0.4 is 16.6 Å². The van der Waals surface area contributed by atoms with Crippen LogP contribution in [0.15, 0.2) is 29.1 Å². The summed E-state index contributed by atoms with van der Waals surface area (Å²) < 4.78 is 1.21. The third kappa shape index (κ3) is 4.00. The van der Waals surface area contributed by atoms with Gasteiger partial charge in [0.05, 0.1) is 11.1 Å². The van der Waals surface area contributed by atoms with Crippen LogP contribution in [0.4, 0.5) is 5.13 Å². The highest BCUT2D eigenvalue weighted by atomic mass is 32.1. The monoisotopic (exact) mass is 358 g/mol. The number of hydrogen-bond acceptors (Lipinski definition) is 7. The predicted molar refractivity (Wildman–Crippen MR) is 96.4 cm³/mol. The summed E-state index contributed by atoms with van der Waals surface area (Å²) >= 11 is 1.34. The number of anilines is 1. The van der Waals surface area contributed by atoms with E-state index in [2.05, 4.69) is 20.6 Å². The lowest BCUT2D eigenvalue weighted by molar-refractivity contribution is -0.121. The molecule has 0 unspecified atom stereocenters. The van der Waals surface area contributed by atoms with Gasteiger partial charge in [0.2, 0.25) is 11.0 Å². The number of nitrogen functional groups attached to an aromatic ring is 1. The first-order valence-corrected chi connectivity index (χ1v) is 8.67. The van der Waals surface area contributed by atoms with Gasteiger partial charge in [0.15, 0.2) is 0 Å². The summed E-state index contributed by atoms with van der Waals surface area (Å²) in [5.41, 5.74) is 5.97. The fourth-order valence-electron chi connectivity index (χ4n) is 2.54. The van der Waals surface area contributed by atoms with Gasteiger partial charge in [0.25, 0.3) is 5.56 Å². The van der Waals surface area contributed by atoms with Crippen LogP contribution in [0.1, 0.15) is 17.1 Å². The quantitative estimate of drug-likeness (QED) is 0.632. The normalized spacial score (nSPS) is 10.9. The molecule has 1 aromatic carbocycles.